The highest BCUT2D eigenvalue weighted by atomic mass is 32.2. The maximum atomic E-state index is 9.71. The van der Waals surface area contributed by atoms with Crippen molar-refractivity contribution >= 4 is 35.0 Å². The molecule has 3 aromatic heterocycles. The summed E-state index contributed by atoms with van der Waals surface area (Å²) in [6.45, 7) is 0. The number of furan rings is 1. The summed E-state index contributed by atoms with van der Waals surface area (Å²) in [5, 5.41) is 18.9. The van der Waals surface area contributed by atoms with Crippen LogP contribution in [0.25, 0.3) is 22.5 Å². The van der Waals surface area contributed by atoms with Crippen molar-refractivity contribution in [3.63, 3.8) is 0 Å². The van der Waals surface area contributed by atoms with Gasteiger partial charge in [-0.2, -0.15) is 16.6 Å². The quantitative estimate of drug-likeness (QED) is 0.296. The van der Waals surface area contributed by atoms with Gasteiger partial charge in [0.05, 0.1) is 23.8 Å². The zero-order valence-corrected chi connectivity index (χ0v) is 19.0. The van der Waals surface area contributed by atoms with Crippen LogP contribution < -0.4 is 14.8 Å². The first-order valence-corrected chi connectivity index (χ1v) is 12.3. The van der Waals surface area contributed by atoms with Gasteiger partial charge in [0, 0.05) is 27.6 Å². The lowest BCUT2D eigenvalue weighted by atomic mass is 10.1. The van der Waals surface area contributed by atoms with Gasteiger partial charge in [-0.05, 0) is 65.2 Å². The molecule has 5 rings (SSSR count). The molecular formula is C23H16N4O2S3. The number of nitrogens with zero attached hydrogens (tertiary/aromatic N) is 2. The van der Waals surface area contributed by atoms with E-state index in [1.165, 1.54) is 11.9 Å². The molecule has 0 spiro atoms. The first-order chi connectivity index (χ1) is 15.8. The first-order valence-electron chi connectivity index (χ1n) is 9.57. The standard InChI is InChI=1S/C23H16N4O2S3/c24-12-17-11-18(32-27-23-25-7-10-31-23)1-3-20(17)29-21-4-2-19(16-6-9-30-14-16)26-22(21)15-5-8-28-13-15/h1-11,13-14,23,25,27H. The molecule has 0 saturated heterocycles. The second-order valence-electron chi connectivity index (χ2n) is 6.64. The molecule has 0 bridgehead atoms. The van der Waals surface area contributed by atoms with Crippen LogP contribution in [0.4, 0.5) is 0 Å². The number of rotatable bonds is 7. The van der Waals surface area contributed by atoms with Crippen LogP contribution >= 0.6 is 35.0 Å². The highest BCUT2D eigenvalue weighted by Crippen LogP contribution is 2.36. The van der Waals surface area contributed by atoms with E-state index in [-0.39, 0.29) is 5.50 Å². The molecule has 158 valence electrons. The Morgan fingerprint density at radius 3 is 2.84 bits per heavy atom. The highest BCUT2D eigenvalue weighted by Gasteiger charge is 2.16. The predicted molar refractivity (Wildman–Crippen MR) is 129 cm³/mol. The van der Waals surface area contributed by atoms with E-state index in [2.05, 4.69) is 21.5 Å². The average molecular weight is 477 g/mol. The summed E-state index contributed by atoms with van der Waals surface area (Å²) in [5.74, 6) is 1.03. The Balaban J connectivity index is 1.42. The maximum absolute atomic E-state index is 9.71. The number of hydrogen-bond acceptors (Lipinski definition) is 9. The Kier molecular flexibility index (Phi) is 6.18. The van der Waals surface area contributed by atoms with Crippen LogP contribution in [-0.2, 0) is 0 Å². The van der Waals surface area contributed by atoms with Crippen molar-refractivity contribution in [2.45, 2.75) is 10.4 Å². The van der Waals surface area contributed by atoms with Crippen LogP contribution in [0, 0.1) is 11.3 Å². The molecule has 0 saturated carbocycles. The molecule has 4 aromatic rings. The van der Waals surface area contributed by atoms with Crippen molar-refractivity contribution in [3.05, 3.63) is 82.9 Å². The van der Waals surface area contributed by atoms with E-state index in [9.17, 15) is 5.26 Å². The van der Waals surface area contributed by atoms with Crippen molar-refractivity contribution in [1.29, 1.82) is 5.26 Å². The summed E-state index contributed by atoms with van der Waals surface area (Å²) in [6, 6.07) is 15.4. The SMILES string of the molecule is N#Cc1cc(SNC2NC=CS2)ccc1Oc1ccc(-c2ccsc2)nc1-c1ccoc1. The fourth-order valence-corrected chi connectivity index (χ4v) is 5.15. The van der Waals surface area contributed by atoms with Gasteiger partial charge in [-0.3, -0.25) is 0 Å². The van der Waals surface area contributed by atoms with E-state index < -0.39 is 0 Å². The Morgan fingerprint density at radius 1 is 1.16 bits per heavy atom. The van der Waals surface area contributed by atoms with Crippen molar-refractivity contribution in [1.82, 2.24) is 15.0 Å². The second kappa shape index (κ2) is 9.54. The topological polar surface area (TPSA) is 83.1 Å². The summed E-state index contributed by atoms with van der Waals surface area (Å²) in [4.78, 5) is 5.73. The molecular weight excluding hydrogens is 460 g/mol. The lowest BCUT2D eigenvalue weighted by Gasteiger charge is -2.14. The fraction of sp³-hybridized carbons (Fsp3) is 0.0435. The second-order valence-corrected chi connectivity index (χ2v) is 9.35. The largest absolute Gasteiger partial charge is 0.472 e. The molecule has 2 N–H and O–H groups in total. The third kappa shape index (κ3) is 4.54. The molecule has 1 atom stereocenters. The van der Waals surface area contributed by atoms with Gasteiger partial charge in [0.2, 0.25) is 0 Å². The van der Waals surface area contributed by atoms with Crippen LogP contribution in [0.2, 0.25) is 0 Å². The fourth-order valence-electron chi connectivity index (χ4n) is 3.04. The van der Waals surface area contributed by atoms with Gasteiger partial charge in [0.25, 0.3) is 0 Å². The predicted octanol–water partition coefficient (Wildman–Crippen LogP) is 6.42. The highest BCUT2D eigenvalue weighted by molar-refractivity contribution is 8.04. The number of nitriles is 1. The van der Waals surface area contributed by atoms with Crippen molar-refractivity contribution in [2.24, 2.45) is 0 Å². The molecule has 0 radical (unpaired) electrons. The third-order valence-electron chi connectivity index (χ3n) is 4.58. The van der Waals surface area contributed by atoms with Gasteiger partial charge >= 0.3 is 0 Å². The number of ether oxygens (including phenoxy) is 1. The maximum Gasteiger partial charge on any atom is 0.153 e. The number of pyridine rings is 1. The zero-order chi connectivity index (χ0) is 21.8. The van der Waals surface area contributed by atoms with Gasteiger partial charge in [-0.15, -0.1) is 0 Å². The summed E-state index contributed by atoms with van der Waals surface area (Å²) in [7, 11) is 0. The number of hydrogen-bond donors (Lipinski definition) is 2. The number of thioether (sulfide) groups is 1. The Morgan fingerprint density at radius 2 is 2.09 bits per heavy atom. The normalized spacial score (nSPS) is 14.8. The van der Waals surface area contributed by atoms with Crippen LogP contribution in [-0.4, -0.2) is 10.5 Å². The number of aromatic nitrogens is 1. The number of benzene rings is 1. The first kappa shape index (κ1) is 20.7. The summed E-state index contributed by atoms with van der Waals surface area (Å²) in [5.41, 5.74) is 3.91. The van der Waals surface area contributed by atoms with Crippen LogP contribution in [0.15, 0.2) is 86.7 Å². The van der Waals surface area contributed by atoms with Crippen LogP contribution in [0.3, 0.4) is 0 Å². The molecule has 32 heavy (non-hydrogen) atoms. The summed E-state index contributed by atoms with van der Waals surface area (Å²) < 4.78 is 14.7. The minimum atomic E-state index is 0.104. The van der Waals surface area contributed by atoms with E-state index in [1.54, 1.807) is 35.6 Å². The summed E-state index contributed by atoms with van der Waals surface area (Å²) in [6.07, 6.45) is 5.13. The molecule has 1 aliphatic rings. The van der Waals surface area contributed by atoms with Gasteiger partial charge in [-0.1, -0.05) is 11.8 Å². The van der Waals surface area contributed by atoms with Gasteiger partial charge in [0.15, 0.2) is 5.75 Å². The monoisotopic (exact) mass is 476 g/mol. The van der Waals surface area contributed by atoms with Gasteiger partial charge in [-0.25, -0.2) is 9.71 Å². The molecule has 1 unspecified atom stereocenters. The van der Waals surface area contributed by atoms with E-state index >= 15 is 0 Å². The minimum Gasteiger partial charge on any atom is -0.472 e. The van der Waals surface area contributed by atoms with E-state index in [0.29, 0.717) is 22.8 Å². The van der Waals surface area contributed by atoms with Crippen LogP contribution in [0.1, 0.15) is 5.56 Å². The molecule has 0 amide bonds. The molecule has 6 nitrogen and oxygen atoms in total. The van der Waals surface area contributed by atoms with Crippen LogP contribution in [0.5, 0.6) is 11.5 Å². The lowest BCUT2D eigenvalue weighted by molar-refractivity contribution is 0.480. The number of thiophene rings is 1. The molecule has 4 heterocycles. The Bertz CT molecular complexity index is 1270. The third-order valence-corrected chi connectivity index (χ3v) is 7.07. The molecule has 1 aliphatic heterocycles. The molecule has 0 aliphatic carbocycles. The van der Waals surface area contributed by atoms with Crippen molar-refractivity contribution in [2.75, 3.05) is 0 Å². The van der Waals surface area contributed by atoms with Gasteiger partial charge in [0.1, 0.15) is 23.0 Å². The average Bonchev–Trinajstić information content (AvgIpc) is 3.62. The number of nitrogens with one attached hydrogen (secondary N) is 2. The molecule has 1 aromatic carbocycles. The van der Waals surface area contributed by atoms with Crippen molar-refractivity contribution < 1.29 is 9.15 Å². The lowest BCUT2D eigenvalue weighted by Crippen LogP contribution is -2.28. The van der Waals surface area contributed by atoms with E-state index in [4.69, 9.17) is 14.1 Å². The Hall–Kier alpha value is -3.16. The van der Waals surface area contributed by atoms with Gasteiger partial charge < -0.3 is 14.5 Å². The smallest absolute Gasteiger partial charge is 0.153 e. The molecule has 9 heteroatoms. The minimum absolute atomic E-state index is 0.104. The van der Waals surface area contributed by atoms with E-state index in [0.717, 1.165) is 21.7 Å². The Labute approximate surface area is 197 Å². The summed E-state index contributed by atoms with van der Waals surface area (Å²) >= 11 is 4.73. The molecule has 0 fully saturated rings. The zero-order valence-electron chi connectivity index (χ0n) is 16.5. The van der Waals surface area contributed by atoms with Crippen molar-refractivity contribution in [3.8, 4) is 40.1 Å². The van der Waals surface area contributed by atoms with E-state index in [1.807, 2.05) is 59.5 Å².